The maximum absolute atomic E-state index is 11.9. The van der Waals surface area contributed by atoms with Crippen molar-refractivity contribution in [1.29, 1.82) is 0 Å². The molecule has 1 heterocycles. The Bertz CT molecular complexity index is 477. The molecule has 116 valence electrons. The first-order chi connectivity index (χ1) is 9.83. The van der Waals surface area contributed by atoms with Gasteiger partial charge in [0.2, 0.25) is 0 Å². The Morgan fingerprint density at radius 3 is 2.57 bits per heavy atom. The zero-order chi connectivity index (χ0) is 15.5. The number of hydrogen-bond donors (Lipinski definition) is 1. The number of amides is 1. The number of hydrogen-bond acceptors (Lipinski definition) is 3. The van der Waals surface area contributed by atoms with Crippen LogP contribution in [-0.4, -0.2) is 30.8 Å². The van der Waals surface area contributed by atoms with Crippen LogP contribution in [0, 0.1) is 6.92 Å². The highest BCUT2D eigenvalue weighted by Gasteiger charge is 2.24. The molecule has 1 fully saturated rings. The Hall–Kier alpha value is -1.71. The summed E-state index contributed by atoms with van der Waals surface area (Å²) in [7, 11) is 0. The van der Waals surface area contributed by atoms with Gasteiger partial charge in [-0.3, -0.25) is 0 Å². The Morgan fingerprint density at radius 2 is 1.95 bits per heavy atom. The normalized spacial score (nSPS) is 19.2. The molecule has 1 amide bonds. The summed E-state index contributed by atoms with van der Waals surface area (Å²) in [5, 5.41) is 2.98. The van der Waals surface area contributed by atoms with Crippen molar-refractivity contribution in [3.05, 3.63) is 29.8 Å². The number of anilines is 1. The summed E-state index contributed by atoms with van der Waals surface area (Å²) in [6.45, 7) is 9.61. The fraction of sp³-hybridized carbons (Fsp3) is 0.588. The van der Waals surface area contributed by atoms with E-state index in [1.54, 1.807) is 0 Å². The van der Waals surface area contributed by atoms with E-state index >= 15 is 0 Å². The number of nitrogens with one attached hydrogen (secondary N) is 1. The Labute approximate surface area is 127 Å². The number of piperidine rings is 1. The van der Waals surface area contributed by atoms with Crippen LogP contribution in [0.15, 0.2) is 24.3 Å². The number of benzene rings is 1. The molecule has 1 atom stereocenters. The fourth-order valence-corrected chi connectivity index (χ4v) is 2.56. The van der Waals surface area contributed by atoms with Crippen LogP contribution in [0.3, 0.4) is 0 Å². The van der Waals surface area contributed by atoms with Crippen molar-refractivity contribution in [3.63, 3.8) is 0 Å². The van der Waals surface area contributed by atoms with Gasteiger partial charge in [-0.05, 0) is 52.7 Å². The highest BCUT2D eigenvalue weighted by Crippen LogP contribution is 2.20. The van der Waals surface area contributed by atoms with Gasteiger partial charge in [0.15, 0.2) is 0 Å². The summed E-state index contributed by atoms with van der Waals surface area (Å²) in [6, 6.07) is 8.69. The summed E-state index contributed by atoms with van der Waals surface area (Å²) in [4.78, 5) is 14.2. The van der Waals surface area contributed by atoms with Crippen LogP contribution < -0.4 is 10.2 Å². The predicted octanol–water partition coefficient (Wildman–Crippen LogP) is 3.49. The minimum atomic E-state index is -0.449. The third-order valence-electron chi connectivity index (χ3n) is 3.54. The second kappa shape index (κ2) is 6.37. The SMILES string of the molecule is Cc1ccc(N2CCCC(NC(=O)OC(C)(C)C)C2)cc1. The van der Waals surface area contributed by atoms with Crippen LogP contribution in [0.25, 0.3) is 0 Å². The molecule has 21 heavy (non-hydrogen) atoms. The molecule has 0 spiro atoms. The van der Waals surface area contributed by atoms with Gasteiger partial charge in [-0.2, -0.15) is 0 Å². The molecule has 1 N–H and O–H groups in total. The average Bonchev–Trinajstić information content (AvgIpc) is 2.37. The molecule has 1 aromatic carbocycles. The lowest BCUT2D eigenvalue weighted by Gasteiger charge is -2.35. The lowest BCUT2D eigenvalue weighted by atomic mass is 10.0. The van der Waals surface area contributed by atoms with Crippen molar-refractivity contribution in [3.8, 4) is 0 Å². The van der Waals surface area contributed by atoms with Crippen molar-refractivity contribution in [2.45, 2.75) is 52.2 Å². The molecular formula is C17H26N2O2. The summed E-state index contributed by atoms with van der Waals surface area (Å²) in [5.74, 6) is 0. The first kappa shape index (κ1) is 15.7. The van der Waals surface area contributed by atoms with Gasteiger partial charge >= 0.3 is 6.09 Å². The van der Waals surface area contributed by atoms with E-state index in [1.165, 1.54) is 11.3 Å². The zero-order valence-electron chi connectivity index (χ0n) is 13.5. The van der Waals surface area contributed by atoms with Gasteiger partial charge in [0.25, 0.3) is 0 Å². The van der Waals surface area contributed by atoms with Crippen molar-refractivity contribution < 1.29 is 9.53 Å². The van der Waals surface area contributed by atoms with E-state index < -0.39 is 5.60 Å². The maximum atomic E-state index is 11.9. The van der Waals surface area contributed by atoms with Gasteiger partial charge in [0, 0.05) is 24.8 Å². The minimum Gasteiger partial charge on any atom is -0.444 e. The molecule has 4 nitrogen and oxygen atoms in total. The van der Waals surface area contributed by atoms with Gasteiger partial charge in [-0.15, -0.1) is 0 Å². The molecule has 1 unspecified atom stereocenters. The number of nitrogens with zero attached hydrogens (tertiary/aromatic N) is 1. The largest absolute Gasteiger partial charge is 0.444 e. The third kappa shape index (κ3) is 4.96. The monoisotopic (exact) mass is 290 g/mol. The molecule has 0 aromatic heterocycles. The number of rotatable bonds is 2. The van der Waals surface area contributed by atoms with Gasteiger partial charge in [0.05, 0.1) is 0 Å². The van der Waals surface area contributed by atoms with Crippen LogP contribution in [0.4, 0.5) is 10.5 Å². The molecule has 1 saturated heterocycles. The van der Waals surface area contributed by atoms with Crippen LogP contribution in [0.5, 0.6) is 0 Å². The van der Waals surface area contributed by atoms with Crippen LogP contribution in [0.1, 0.15) is 39.2 Å². The molecule has 1 aromatic rings. The summed E-state index contributed by atoms with van der Waals surface area (Å²) < 4.78 is 5.33. The number of alkyl carbamates (subject to hydrolysis) is 1. The lowest BCUT2D eigenvalue weighted by Crippen LogP contribution is -2.49. The van der Waals surface area contributed by atoms with Crippen molar-refractivity contribution in [2.24, 2.45) is 0 Å². The van der Waals surface area contributed by atoms with E-state index in [9.17, 15) is 4.79 Å². The van der Waals surface area contributed by atoms with Gasteiger partial charge < -0.3 is 15.0 Å². The maximum Gasteiger partial charge on any atom is 0.407 e. The lowest BCUT2D eigenvalue weighted by molar-refractivity contribution is 0.0500. The molecular weight excluding hydrogens is 264 g/mol. The Morgan fingerprint density at radius 1 is 1.29 bits per heavy atom. The minimum absolute atomic E-state index is 0.148. The van der Waals surface area contributed by atoms with E-state index in [0.29, 0.717) is 0 Å². The molecule has 0 saturated carbocycles. The highest BCUT2D eigenvalue weighted by atomic mass is 16.6. The number of ether oxygens (including phenoxy) is 1. The average molecular weight is 290 g/mol. The van der Waals surface area contributed by atoms with E-state index in [1.807, 2.05) is 20.8 Å². The first-order valence-electron chi connectivity index (χ1n) is 7.64. The first-order valence-corrected chi connectivity index (χ1v) is 7.64. The zero-order valence-corrected chi connectivity index (χ0v) is 13.5. The molecule has 2 rings (SSSR count). The number of carbonyl (C=O) groups excluding carboxylic acids is 1. The van der Waals surface area contributed by atoms with Crippen LogP contribution >= 0.6 is 0 Å². The Kier molecular flexibility index (Phi) is 4.76. The second-order valence-electron chi connectivity index (χ2n) is 6.77. The van der Waals surface area contributed by atoms with E-state index in [4.69, 9.17) is 4.74 Å². The Balaban J connectivity index is 1.91. The molecule has 0 bridgehead atoms. The van der Waals surface area contributed by atoms with Gasteiger partial charge in [-0.25, -0.2) is 4.79 Å². The van der Waals surface area contributed by atoms with Crippen molar-refractivity contribution in [2.75, 3.05) is 18.0 Å². The van der Waals surface area contributed by atoms with E-state index in [0.717, 1.165) is 25.9 Å². The number of carbonyl (C=O) groups is 1. The quantitative estimate of drug-likeness (QED) is 0.906. The summed E-state index contributed by atoms with van der Waals surface area (Å²) in [5.41, 5.74) is 2.03. The molecule has 1 aliphatic rings. The van der Waals surface area contributed by atoms with Crippen molar-refractivity contribution in [1.82, 2.24) is 5.32 Å². The smallest absolute Gasteiger partial charge is 0.407 e. The number of aryl methyl sites for hydroxylation is 1. The third-order valence-corrected chi connectivity index (χ3v) is 3.54. The van der Waals surface area contributed by atoms with Crippen LogP contribution in [0.2, 0.25) is 0 Å². The topological polar surface area (TPSA) is 41.6 Å². The van der Waals surface area contributed by atoms with E-state index in [2.05, 4.69) is 41.4 Å². The summed E-state index contributed by atoms with van der Waals surface area (Å²) in [6.07, 6.45) is 1.76. The fourth-order valence-electron chi connectivity index (χ4n) is 2.56. The van der Waals surface area contributed by atoms with Gasteiger partial charge in [-0.1, -0.05) is 17.7 Å². The highest BCUT2D eigenvalue weighted by molar-refractivity contribution is 5.68. The predicted molar refractivity (Wildman–Crippen MR) is 85.8 cm³/mol. The molecule has 0 radical (unpaired) electrons. The van der Waals surface area contributed by atoms with Crippen molar-refractivity contribution >= 4 is 11.8 Å². The van der Waals surface area contributed by atoms with Crippen LogP contribution in [-0.2, 0) is 4.74 Å². The molecule has 1 aliphatic heterocycles. The molecule has 4 heteroatoms. The van der Waals surface area contributed by atoms with Gasteiger partial charge in [0.1, 0.15) is 5.60 Å². The van der Waals surface area contributed by atoms with E-state index in [-0.39, 0.29) is 12.1 Å². The second-order valence-corrected chi connectivity index (χ2v) is 6.77. The molecule has 0 aliphatic carbocycles. The standard InChI is InChI=1S/C17H26N2O2/c1-13-7-9-15(10-8-13)19-11-5-6-14(12-19)18-16(20)21-17(2,3)4/h7-10,14H,5-6,11-12H2,1-4H3,(H,18,20). The summed E-state index contributed by atoms with van der Waals surface area (Å²) >= 11 is 0.